The van der Waals surface area contributed by atoms with Gasteiger partial charge >= 0.3 is 29.6 Å². The molecule has 0 aliphatic heterocycles. The van der Waals surface area contributed by atoms with E-state index >= 15 is 0 Å². The topological polar surface area (TPSA) is 66.4 Å². The van der Waals surface area contributed by atoms with Crippen molar-refractivity contribution in [3.63, 3.8) is 0 Å². The molecular formula is C22H29NaO4S. The first-order valence-electron chi connectivity index (χ1n) is 9.82. The molecule has 2 aromatic rings. The molecule has 2 rings (SSSR count). The van der Waals surface area contributed by atoms with Gasteiger partial charge in [0.15, 0.2) is 0 Å². The van der Waals surface area contributed by atoms with Crippen molar-refractivity contribution in [3.8, 4) is 11.5 Å². The number of hydrogen-bond donors (Lipinski definition) is 0. The van der Waals surface area contributed by atoms with Crippen LogP contribution in [0.5, 0.6) is 11.5 Å². The largest absolute Gasteiger partial charge is 1.00 e. The number of hydrogen-bond acceptors (Lipinski definition) is 4. The summed E-state index contributed by atoms with van der Waals surface area (Å²) in [5, 5.41) is 0. The van der Waals surface area contributed by atoms with E-state index in [1.54, 1.807) is 6.07 Å². The Morgan fingerprint density at radius 1 is 0.821 bits per heavy atom. The van der Waals surface area contributed by atoms with Crippen LogP contribution in [0, 0.1) is 0 Å². The molecule has 28 heavy (non-hydrogen) atoms. The Balaban J connectivity index is 0.00000392. The smallest absolute Gasteiger partial charge is 0.744 e. The number of unbranched alkanes of at least 4 members (excludes halogenated alkanes) is 7. The van der Waals surface area contributed by atoms with E-state index in [0.717, 1.165) is 12.8 Å². The minimum absolute atomic E-state index is 0. The van der Waals surface area contributed by atoms with Crippen LogP contribution in [-0.4, -0.2) is 13.0 Å². The molecule has 0 saturated heterocycles. The molecule has 4 nitrogen and oxygen atoms in total. The molecule has 0 amide bonds. The monoisotopic (exact) mass is 412 g/mol. The average Bonchev–Trinajstić information content (AvgIpc) is 2.64. The molecular weight excluding hydrogens is 383 g/mol. The predicted molar refractivity (Wildman–Crippen MR) is 107 cm³/mol. The van der Waals surface area contributed by atoms with Crippen molar-refractivity contribution in [1.82, 2.24) is 0 Å². The number of benzene rings is 2. The maximum atomic E-state index is 11.1. The molecule has 2 aromatic carbocycles. The van der Waals surface area contributed by atoms with E-state index in [1.165, 1.54) is 68.7 Å². The van der Waals surface area contributed by atoms with Gasteiger partial charge in [-0.3, -0.25) is 0 Å². The molecule has 0 spiro atoms. The summed E-state index contributed by atoms with van der Waals surface area (Å²) in [6.07, 6.45) is 11.3. The van der Waals surface area contributed by atoms with Crippen molar-refractivity contribution in [1.29, 1.82) is 0 Å². The van der Waals surface area contributed by atoms with Gasteiger partial charge in [0.25, 0.3) is 0 Å². The number of ether oxygens (including phenoxy) is 1. The summed E-state index contributed by atoms with van der Waals surface area (Å²) < 4.78 is 39.1. The molecule has 0 fully saturated rings. The van der Waals surface area contributed by atoms with E-state index in [2.05, 4.69) is 13.0 Å². The van der Waals surface area contributed by atoms with Crippen LogP contribution in [0.4, 0.5) is 0 Å². The van der Waals surface area contributed by atoms with Crippen molar-refractivity contribution < 1.29 is 47.3 Å². The number of aryl methyl sites for hydroxylation is 1. The third kappa shape index (κ3) is 9.57. The maximum Gasteiger partial charge on any atom is 1.00 e. The molecule has 0 unspecified atom stereocenters. The van der Waals surface area contributed by atoms with Gasteiger partial charge < -0.3 is 9.29 Å². The van der Waals surface area contributed by atoms with Crippen LogP contribution >= 0.6 is 0 Å². The van der Waals surface area contributed by atoms with E-state index in [9.17, 15) is 13.0 Å². The Labute approximate surface area is 191 Å². The van der Waals surface area contributed by atoms with Crippen molar-refractivity contribution in [3.05, 3.63) is 54.1 Å². The average molecular weight is 413 g/mol. The molecule has 6 heteroatoms. The fourth-order valence-corrected chi connectivity index (χ4v) is 3.56. The third-order valence-corrected chi connectivity index (χ3v) is 5.38. The summed E-state index contributed by atoms with van der Waals surface area (Å²) in [4.78, 5) is -0.282. The number of rotatable bonds is 12. The molecule has 0 heterocycles. The molecule has 0 radical (unpaired) electrons. The zero-order valence-electron chi connectivity index (χ0n) is 17.0. The Morgan fingerprint density at radius 2 is 1.39 bits per heavy atom. The molecule has 0 N–H and O–H groups in total. The van der Waals surface area contributed by atoms with E-state index in [4.69, 9.17) is 4.74 Å². The van der Waals surface area contributed by atoms with Gasteiger partial charge in [-0.25, -0.2) is 8.42 Å². The fraction of sp³-hybridized carbons (Fsp3) is 0.455. The van der Waals surface area contributed by atoms with Crippen LogP contribution in [0.25, 0.3) is 0 Å². The summed E-state index contributed by atoms with van der Waals surface area (Å²) in [5.41, 5.74) is 1.20. The van der Waals surface area contributed by atoms with Crippen molar-refractivity contribution in [2.24, 2.45) is 0 Å². The quantitative estimate of drug-likeness (QED) is 0.305. The van der Waals surface area contributed by atoms with Gasteiger partial charge in [0.1, 0.15) is 21.6 Å². The first-order chi connectivity index (χ1) is 13.0. The van der Waals surface area contributed by atoms with Gasteiger partial charge in [-0.2, -0.15) is 0 Å². The Bertz CT molecular complexity index is 806. The van der Waals surface area contributed by atoms with Gasteiger partial charge in [0, 0.05) is 0 Å². The van der Waals surface area contributed by atoms with Crippen LogP contribution < -0.4 is 34.3 Å². The van der Waals surface area contributed by atoms with Crippen LogP contribution in [0.15, 0.2) is 53.4 Å². The first-order valence-corrected chi connectivity index (χ1v) is 11.2. The van der Waals surface area contributed by atoms with Crippen molar-refractivity contribution in [2.75, 3.05) is 0 Å². The minimum Gasteiger partial charge on any atom is -0.744 e. The normalized spacial score (nSPS) is 11.1. The summed E-state index contributed by atoms with van der Waals surface area (Å²) in [6.45, 7) is 2.24. The first kappa shape index (κ1) is 25.2. The van der Waals surface area contributed by atoms with Gasteiger partial charge in [0.2, 0.25) is 0 Å². The van der Waals surface area contributed by atoms with E-state index in [0.29, 0.717) is 11.5 Å². The Hall–Kier alpha value is -0.850. The SMILES string of the molecule is CCCCCCCCCCc1cccc(Oc2cccc(S(=O)(=O)[O-])c2)c1.[Na+]. The van der Waals surface area contributed by atoms with Crippen molar-refractivity contribution in [2.45, 2.75) is 69.6 Å². The zero-order chi connectivity index (χ0) is 19.5. The van der Waals surface area contributed by atoms with Gasteiger partial charge in [0.05, 0.1) is 4.90 Å². The Morgan fingerprint density at radius 3 is 2.04 bits per heavy atom. The van der Waals surface area contributed by atoms with Gasteiger partial charge in [-0.1, -0.05) is 70.1 Å². The molecule has 0 aliphatic carbocycles. The molecule has 0 bridgehead atoms. The van der Waals surface area contributed by atoms with E-state index < -0.39 is 10.1 Å². The van der Waals surface area contributed by atoms with Crippen molar-refractivity contribution >= 4 is 10.1 Å². The third-order valence-electron chi connectivity index (χ3n) is 4.55. The van der Waals surface area contributed by atoms with E-state index in [1.807, 2.05) is 18.2 Å². The summed E-state index contributed by atoms with van der Waals surface area (Å²) in [7, 11) is -4.48. The minimum atomic E-state index is -4.48. The Kier molecular flexibility index (Phi) is 12.0. The van der Waals surface area contributed by atoms with Crippen LogP contribution in [0.3, 0.4) is 0 Å². The summed E-state index contributed by atoms with van der Waals surface area (Å²) in [5.74, 6) is 0.990. The zero-order valence-corrected chi connectivity index (χ0v) is 19.8. The molecule has 0 saturated carbocycles. The molecule has 0 aromatic heterocycles. The summed E-state index contributed by atoms with van der Waals surface area (Å²) in [6, 6.07) is 13.5. The van der Waals surface area contributed by atoms with Crippen LogP contribution in [-0.2, 0) is 16.5 Å². The van der Waals surface area contributed by atoms with Crippen LogP contribution in [0.1, 0.15) is 63.9 Å². The molecule has 148 valence electrons. The second kappa shape index (κ2) is 13.4. The van der Waals surface area contributed by atoms with E-state index in [-0.39, 0.29) is 34.5 Å². The maximum absolute atomic E-state index is 11.1. The second-order valence-electron chi connectivity index (χ2n) is 6.90. The molecule has 0 atom stereocenters. The van der Waals surface area contributed by atoms with Gasteiger partial charge in [-0.05, 0) is 48.7 Å². The standard InChI is InChI=1S/C22H30O4S.Na/c1-2-3-4-5-6-7-8-9-12-19-13-10-14-20(17-19)26-21-15-11-16-22(18-21)27(23,24)25;/h10-11,13-18H,2-9,12H2,1H3,(H,23,24,25);/q;+1/p-1. The predicted octanol–water partition coefficient (Wildman–Crippen LogP) is 3.07. The fourth-order valence-electron chi connectivity index (χ4n) is 3.06. The second-order valence-corrected chi connectivity index (χ2v) is 8.28. The van der Waals surface area contributed by atoms with Gasteiger partial charge in [-0.15, -0.1) is 0 Å². The molecule has 0 aliphatic rings. The van der Waals surface area contributed by atoms with Crippen LogP contribution in [0.2, 0.25) is 0 Å². The summed E-state index contributed by atoms with van der Waals surface area (Å²) >= 11 is 0.